The van der Waals surface area contributed by atoms with Gasteiger partial charge >= 0.3 is 12.0 Å². The average molecular weight is 290 g/mol. The SMILES string of the molecule is CC(NC(=O)Nc1cccc(C(=O)O)c1O)c1cn[nH]c1. The number of H-pyrrole nitrogens is 1. The van der Waals surface area contributed by atoms with Crippen molar-refractivity contribution in [2.75, 3.05) is 5.32 Å². The van der Waals surface area contributed by atoms with E-state index in [1.165, 1.54) is 18.2 Å². The van der Waals surface area contributed by atoms with E-state index in [2.05, 4.69) is 20.8 Å². The van der Waals surface area contributed by atoms with Gasteiger partial charge in [0.1, 0.15) is 5.56 Å². The Morgan fingerprint density at radius 2 is 2.14 bits per heavy atom. The number of urea groups is 1. The predicted octanol–water partition coefficient (Wildman–Crippen LogP) is 1.70. The van der Waals surface area contributed by atoms with Crippen molar-refractivity contribution in [2.45, 2.75) is 13.0 Å². The zero-order chi connectivity index (χ0) is 15.4. The third kappa shape index (κ3) is 3.30. The minimum absolute atomic E-state index is 0.0202. The van der Waals surface area contributed by atoms with Crippen molar-refractivity contribution >= 4 is 17.7 Å². The van der Waals surface area contributed by atoms with Crippen LogP contribution in [0.1, 0.15) is 28.9 Å². The fourth-order valence-electron chi connectivity index (χ4n) is 1.75. The van der Waals surface area contributed by atoms with E-state index < -0.39 is 17.7 Å². The second-order valence-electron chi connectivity index (χ2n) is 4.36. The summed E-state index contributed by atoms with van der Waals surface area (Å²) >= 11 is 0. The minimum Gasteiger partial charge on any atom is -0.505 e. The van der Waals surface area contributed by atoms with Crippen LogP contribution in [0.3, 0.4) is 0 Å². The molecule has 21 heavy (non-hydrogen) atoms. The molecule has 0 fully saturated rings. The number of nitrogens with one attached hydrogen (secondary N) is 3. The van der Waals surface area contributed by atoms with Crippen LogP contribution in [0.15, 0.2) is 30.6 Å². The number of hydrogen-bond donors (Lipinski definition) is 5. The Kier molecular flexibility index (Phi) is 4.07. The Labute approximate surface area is 119 Å². The van der Waals surface area contributed by atoms with Crippen LogP contribution in [-0.2, 0) is 0 Å². The van der Waals surface area contributed by atoms with Gasteiger partial charge in [-0.1, -0.05) is 6.07 Å². The summed E-state index contributed by atoms with van der Waals surface area (Å²) < 4.78 is 0. The molecule has 2 amide bonds. The highest BCUT2D eigenvalue weighted by molar-refractivity contribution is 5.97. The molecule has 1 aromatic carbocycles. The van der Waals surface area contributed by atoms with Gasteiger partial charge < -0.3 is 20.8 Å². The van der Waals surface area contributed by atoms with Gasteiger partial charge in [-0.3, -0.25) is 5.10 Å². The molecule has 1 unspecified atom stereocenters. The Balaban J connectivity index is 2.06. The van der Waals surface area contributed by atoms with E-state index in [4.69, 9.17) is 5.11 Å². The van der Waals surface area contributed by atoms with E-state index in [-0.39, 0.29) is 17.3 Å². The first-order valence-corrected chi connectivity index (χ1v) is 6.10. The number of rotatable bonds is 4. The van der Waals surface area contributed by atoms with Crippen LogP contribution in [0, 0.1) is 0 Å². The smallest absolute Gasteiger partial charge is 0.339 e. The molecule has 0 spiro atoms. The van der Waals surface area contributed by atoms with E-state index in [0.717, 1.165) is 5.56 Å². The monoisotopic (exact) mass is 290 g/mol. The van der Waals surface area contributed by atoms with Gasteiger partial charge in [0.05, 0.1) is 17.9 Å². The molecule has 0 saturated carbocycles. The molecular formula is C13H14N4O4. The number of phenols is 1. The first-order valence-electron chi connectivity index (χ1n) is 6.10. The number of amides is 2. The van der Waals surface area contributed by atoms with Crippen molar-refractivity contribution < 1.29 is 19.8 Å². The molecular weight excluding hydrogens is 276 g/mol. The molecule has 8 nitrogen and oxygen atoms in total. The quantitative estimate of drug-likeness (QED) is 0.547. The Bertz CT molecular complexity index is 654. The predicted molar refractivity (Wildman–Crippen MR) is 74.2 cm³/mol. The number of aromatic nitrogens is 2. The summed E-state index contributed by atoms with van der Waals surface area (Å²) in [5, 5.41) is 30.1. The van der Waals surface area contributed by atoms with Crippen molar-refractivity contribution in [2.24, 2.45) is 0 Å². The maximum Gasteiger partial charge on any atom is 0.339 e. The lowest BCUT2D eigenvalue weighted by Crippen LogP contribution is -2.31. The number of carbonyl (C=O) groups excluding carboxylic acids is 1. The molecule has 8 heteroatoms. The number of hydrogen-bond acceptors (Lipinski definition) is 4. The number of carboxylic acids is 1. The number of carboxylic acid groups (broad SMARTS) is 1. The molecule has 1 heterocycles. The standard InChI is InChI=1S/C13H14N4O4/c1-7(8-5-14-15-6-8)16-13(21)17-10-4-2-3-9(11(10)18)12(19)20/h2-7,18H,1H3,(H,14,15)(H,19,20)(H2,16,17,21). The molecule has 2 rings (SSSR count). The highest BCUT2D eigenvalue weighted by atomic mass is 16.4. The molecule has 0 aliphatic heterocycles. The summed E-state index contributed by atoms with van der Waals surface area (Å²) in [6.07, 6.45) is 3.22. The van der Waals surface area contributed by atoms with Crippen LogP contribution in [0.2, 0.25) is 0 Å². The van der Waals surface area contributed by atoms with Crippen LogP contribution in [-0.4, -0.2) is 32.4 Å². The topological polar surface area (TPSA) is 127 Å². The van der Waals surface area contributed by atoms with Crippen LogP contribution in [0.5, 0.6) is 5.75 Å². The summed E-state index contributed by atoms with van der Waals surface area (Å²) in [6.45, 7) is 1.76. The van der Waals surface area contributed by atoms with Gasteiger partial charge in [0.25, 0.3) is 0 Å². The molecule has 5 N–H and O–H groups in total. The van der Waals surface area contributed by atoms with Gasteiger partial charge in [0.15, 0.2) is 5.75 Å². The lowest BCUT2D eigenvalue weighted by atomic mass is 10.1. The molecule has 0 aliphatic carbocycles. The normalized spacial score (nSPS) is 11.7. The van der Waals surface area contributed by atoms with E-state index in [1.807, 2.05) is 0 Å². The van der Waals surface area contributed by atoms with Gasteiger partial charge in [-0.15, -0.1) is 0 Å². The van der Waals surface area contributed by atoms with Gasteiger partial charge in [0.2, 0.25) is 0 Å². The molecule has 0 aliphatic rings. The van der Waals surface area contributed by atoms with Crippen LogP contribution >= 0.6 is 0 Å². The summed E-state index contributed by atoms with van der Waals surface area (Å²) in [7, 11) is 0. The number of aromatic carboxylic acids is 1. The van der Waals surface area contributed by atoms with E-state index >= 15 is 0 Å². The Morgan fingerprint density at radius 1 is 1.38 bits per heavy atom. The van der Waals surface area contributed by atoms with E-state index in [1.54, 1.807) is 19.3 Å². The number of para-hydroxylation sites is 1. The van der Waals surface area contributed by atoms with Crippen molar-refractivity contribution in [3.63, 3.8) is 0 Å². The first-order chi connectivity index (χ1) is 9.99. The zero-order valence-electron chi connectivity index (χ0n) is 11.1. The summed E-state index contributed by atoms with van der Waals surface area (Å²) in [6, 6.07) is 3.21. The number of aromatic hydroxyl groups is 1. The Hall–Kier alpha value is -3.03. The molecule has 110 valence electrons. The van der Waals surface area contributed by atoms with Crippen LogP contribution < -0.4 is 10.6 Å². The van der Waals surface area contributed by atoms with E-state index in [9.17, 15) is 14.7 Å². The third-order valence-electron chi connectivity index (χ3n) is 2.88. The minimum atomic E-state index is -1.27. The molecule has 0 radical (unpaired) electrons. The lowest BCUT2D eigenvalue weighted by Gasteiger charge is -2.14. The summed E-state index contributed by atoms with van der Waals surface area (Å²) in [5.41, 5.74) is 0.524. The molecule has 0 bridgehead atoms. The molecule has 1 aromatic heterocycles. The average Bonchev–Trinajstić information content (AvgIpc) is 2.94. The fraction of sp³-hybridized carbons (Fsp3) is 0.154. The van der Waals surface area contributed by atoms with Gasteiger partial charge in [-0.05, 0) is 19.1 Å². The first kappa shape index (κ1) is 14.4. The van der Waals surface area contributed by atoms with Gasteiger partial charge in [-0.25, -0.2) is 9.59 Å². The van der Waals surface area contributed by atoms with Crippen molar-refractivity contribution in [1.29, 1.82) is 0 Å². The van der Waals surface area contributed by atoms with Gasteiger partial charge in [-0.2, -0.15) is 5.10 Å². The fourth-order valence-corrected chi connectivity index (χ4v) is 1.75. The highest BCUT2D eigenvalue weighted by Gasteiger charge is 2.16. The molecule has 1 atom stereocenters. The second-order valence-corrected chi connectivity index (χ2v) is 4.36. The zero-order valence-corrected chi connectivity index (χ0v) is 11.1. The summed E-state index contributed by atoms with van der Waals surface area (Å²) in [5.74, 6) is -1.76. The number of nitrogens with zero attached hydrogens (tertiary/aromatic N) is 1. The van der Waals surface area contributed by atoms with Crippen LogP contribution in [0.4, 0.5) is 10.5 Å². The maximum atomic E-state index is 11.8. The number of anilines is 1. The number of benzene rings is 1. The van der Waals surface area contributed by atoms with Gasteiger partial charge in [0, 0.05) is 11.8 Å². The van der Waals surface area contributed by atoms with Crippen molar-refractivity contribution in [3.05, 3.63) is 41.7 Å². The maximum absolute atomic E-state index is 11.8. The molecule has 2 aromatic rings. The third-order valence-corrected chi connectivity index (χ3v) is 2.88. The largest absolute Gasteiger partial charge is 0.505 e. The second kappa shape index (κ2) is 5.95. The van der Waals surface area contributed by atoms with E-state index in [0.29, 0.717) is 0 Å². The van der Waals surface area contributed by atoms with Crippen LogP contribution in [0.25, 0.3) is 0 Å². The van der Waals surface area contributed by atoms with Crippen molar-refractivity contribution in [3.8, 4) is 5.75 Å². The number of carbonyl (C=O) groups is 2. The summed E-state index contributed by atoms with van der Waals surface area (Å²) in [4.78, 5) is 22.7. The Morgan fingerprint density at radius 3 is 2.76 bits per heavy atom. The highest BCUT2D eigenvalue weighted by Crippen LogP contribution is 2.27. The number of aromatic amines is 1. The molecule has 0 saturated heterocycles. The van der Waals surface area contributed by atoms with Crippen molar-refractivity contribution in [1.82, 2.24) is 15.5 Å². The lowest BCUT2D eigenvalue weighted by molar-refractivity contribution is 0.0693.